The molecule has 0 fully saturated rings. The fourth-order valence-electron chi connectivity index (χ4n) is 3.71. The van der Waals surface area contributed by atoms with E-state index in [1.807, 2.05) is 18.0 Å². The van der Waals surface area contributed by atoms with Crippen LogP contribution in [0.1, 0.15) is 54.1 Å². The van der Waals surface area contributed by atoms with E-state index in [9.17, 15) is 31.5 Å². The molecule has 0 amide bonds. The molecule has 12 heteroatoms. The molecular weight excluding hydrogens is 501 g/mol. The SMILES string of the molecule is CCCCN(C)c1ccc(NS(=O)(=O)c2ccc3c(c2)CCCC3)cc1C(=O)O.O=C(O)C(F)(F)F. The van der Waals surface area contributed by atoms with Crippen LogP contribution >= 0.6 is 0 Å². The van der Waals surface area contributed by atoms with Crippen molar-refractivity contribution in [1.82, 2.24) is 0 Å². The number of nitrogens with zero attached hydrogens (tertiary/aromatic N) is 1. The van der Waals surface area contributed by atoms with Crippen molar-refractivity contribution in [3.63, 3.8) is 0 Å². The number of carboxylic acids is 2. The molecule has 1 aliphatic rings. The quantitative estimate of drug-likeness (QED) is 0.442. The molecule has 0 aliphatic heterocycles. The molecule has 2 aromatic carbocycles. The Balaban J connectivity index is 0.000000572. The minimum Gasteiger partial charge on any atom is -0.478 e. The van der Waals surface area contributed by atoms with Crippen molar-refractivity contribution in [2.45, 2.75) is 56.5 Å². The molecule has 0 saturated heterocycles. The standard InChI is InChI=1S/C22H28N2O4S.C2HF3O2/c1-3-4-13-24(2)21-12-10-18(15-20(21)22(25)26)23-29(27,28)19-11-9-16-7-5-6-8-17(16)14-19;3-2(4,5)1(6)7/h9-12,14-15,23H,3-8,13H2,1-2H3,(H,25,26);(H,6,7). The number of anilines is 2. The predicted molar refractivity (Wildman–Crippen MR) is 129 cm³/mol. The molecule has 0 radical (unpaired) electrons. The van der Waals surface area contributed by atoms with E-state index in [0.29, 0.717) is 5.69 Å². The maximum atomic E-state index is 12.9. The molecule has 2 aromatic rings. The topological polar surface area (TPSA) is 124 Å². The van der Waals surface area contributed by atoms with Gasteiger partial charge in [0.15, 0.2) is 0 Å². The number of unbranched alkanes of at least 4 members (excludes halogenated alkanes) is 1. The number of aryl methyl sites for hydroxylation is 2. The third-order valence-corrected chi connectivity index (χ3v) is 6.99. The highest BCUT2D eigenvalue weighted by molar-refractivity contribution is 7.92. The molecule has 0 spiro atoms. The number of aliphatic carboxylic acids is 1. The van der Waals surface area contributed by atoms with Crippen LogP contribution in [-0.4, -0.2) is 50.3 Å². The van der Waals surface area contributed by atoms with Crippen molar-refractivity contribution < 1.29 is 41.4 Å². The largest absolute Gasteiger partial charge is 0.490 e. The van der Waals surface area contributed by atoms with Crippen LogP contribution in [-0.2, 0) is 27.7 Å². The number of halogens is 3. The zero-order valence-electron chi connectivity index (χ0n) is 19.9. The van der Waals surface area contributed by atoms with E-state index in [1.54, 1.807) is 24.3 Å². The number of aromatic carboxylic acids is 1. The van der Waals surface area contributed by atoms with Gasteiger partial charge >= 0.3 is 18.1 Å². The Kier molecular flexibility index (Phi) is 9.74. The third kappa shape index (κ3) is 7.87. The van der Waals surface area contributed by atoms with Gasteiger partial charge in [-0.25, -0.2) is 18.0 Å². The van der Waals surface area contributed by atoms with Crippen LogP contribution in [0.2, 0.25) is 0 Å². The highest BCUT2D eigenvalue weighted by Crippen LogP contribution is 2.28. The molecule has 0 heterocycles. The summed E-state index contributed by atoms with van der Waals surface area (Å²) in [4.78, 5) is 22.7. The lowest BCUT2D eigenvalue weighted by Crippen LogP contribution is -2.21. The van der Waals surface area contributed by atoms with Gasteiger partial charge in [-0.15, -0.1) is 0 Å². The number of hydrogen-bond donors (Lipinski definition) is 3. The molecule has 3 N–H and O–H groups in total. The summed E-state index contributed by atoms with van der Waals surface area (Å²) in [5, 5.41) is 16.7. The Labute approximate surface area is 207 Å². The van der Waals surface area contributed by atoms with Crippen LogP contribution in [0.4, 0.5) is 24.5 Å². The second-order valence-electron chi connectivity index (χ2n) is 8.36. The number of fused-ring (bicyclic) bond motifs is 1. The minimum atomic E-state index is -5.08. The van der Waals surface area contributed by atoms with Crippen molar-refractivity contribution in [1.29, 1.82) is 0 Å². The third-order valence-electron chi connectivity index (χ3n) is 5.61. The molecule has 0 unspecified atom stereocenters. The molecule has 8 nitrogen and oxygen atoms in total. The Morgan fingerprint density at radius 1 is 1.03 bits per heavy atom. The van der Waals surface area contributed by atoms with Crippen molar-refractivity contribution in [3.05, 3.63) is 53.1 Å². The maximum absolute atomic E-state index is 12.9. The van der Waals surface area contributed by atoms with Gasteiger partial charge in [0.25, 0.3) is 10.0 Å². The summed E-state index contributed by atoms with van der Waals surface area (Å²) in [6, 6.07) is 9.90. The van der Waals surface area contributed by atoms with Crippen LogP contribution in [0.3, 0.4) is 0 Å². The molecule has 0 bridgehead atoms. The average Bonchev–Trinajstić information content (AvgIpc) is 2.81. The second kappa shape index (κ2) is 12.1. The van der Waals surface area contributed by atoms with E-state index < -0.39 is 28.1 Å². The van der Waals surface area contributed by atoms with Gasteiger partial charge in [0.2, 0.25) is 0 Å². The first-order chi connectivity index (χ1) is 16.8. The van der Waals surface area contributed by atoms with Gasteiger partial charge in [-0.2, -0.15) is 13.2 Å². The van der Waals surface area contributed by atoms with Crippen LogP contribution in [0.25, 0.3) is 0 Å². The molecule has 0 aromatic heterocycles. The summed E-state index contributed by atoms with van der Waals surface area (Å²) in [6.07, 6.45) is 0.944. The van der Waals surface area contributed by atoms with E-state index in [0.717, 1.165) is 50.6 Å². The summed E-state index contributed by atoms with van der Waals surface area (Å²) in [5.74, 6) is -3.84. The minimum absolute atomic E-state index is 0.0780. The second-order valence-corrected chi connectivity index (χ2v) is 10.0. The van der Waals surface area contributed by atoms with Crippen molar-refractivity contribution >= 4 is 33.3 Å². The van der Waals surface area contributed by atoms with Crippen molar-refractivity contribution in [2.75, 3.05) is 23.2 Å². The molecule has 3 rings (SSSR count). The lowest BCUT2D eigenvalue weighted by atomic mass is 9.92. The maximum Gasteiger partial charge on any atom is 0.490 e. The number of carboxylic acid groups (broad SMARTS) is 2. The summed E-state index contributed by atoms with van der Waals surface area (Å²) in [7, 11) is -1.95. The normalized spacial score (nSPS) is 13.1. The van der Waals surface area contributed by atoms with E-state index in [1.165, 1.54) is 11.6 Å². The zero-order chi connectivity index (χ0) is 27.1. The number of carbonyl (C=O) groups is 2. The van der Waals surface area contributed by atoms with Crippen molar-refractivity contribution in [3.8, 4) is 0 Å². The molecule has 0 saturated carbocycles. The van der Waals surface area contributed by atoms with E-state index in [4.69, 9.17) is 9.90 Å². The molecule has 36 heavy (non-hydrogen) atoms. The number of hydrogen-bond acceptors (Lipinski definition) is 5. The smallest absolute Gasteiger partial charge is 0.478 e. The van der Waals surface area contributed by atoms with Gasteiger partial charge in [0.05, 0.1) is 16.1 Å². The molecule has 198 valence electrons. The fourth-order valence-corrected chi connectivity index (χ4v) is 4.81. The predicted octanol–water partition coefficient (Wildman–Crippen LogP) is 4.93. The van der Waals surface area contributed by atoms with Gasteiger partial charge in [-0.05, 0) is 73.6 Å². The summed E-state index contributed by atoms with van der Waals surface area (Å²) in [6.45, 7) is 2.81. The Hall–Kier alpha value is -3.28. The van der Waals surface area contributed by atoms with Crippen LogP contribution in [0.15, 0.2) is 41.3 Å². The first-order valence-corrected chi connectivity index (χ1v) is 12.8. The van der Waals surface area contributed by atoms with Gasteiger partial charge < -0.3 is 15.1 Å². The average molecular weight is 531 g/mol. The fraction of sp³-hybridized carbons (Fsp3) is 0.417. The summed E-state index contributed by atoms with van der Waals surface area (Å²) < 4.78 is 60.0. The number of nitrogens with one attached hydrogen (secondary N) is 1. The Bertz CT molecular complexity index is 1200. The van der Waals surface area contributed by atoms with Crippen LogP contribution in [0, 0.1) is 0 Å². The van der Waals surface area contributed by atoms with Crippen molar-refractivity contribution in [2.24, 2.45) is 0 Å². The Morgan fingerprint density at radius 2 is 1.64 bits per heavy atom. The van der Waals surface area contributed by atoms with Crippen LogP contribution < -0.4 is 9.62 Å². The van der Waals surface area contributed by atoms with E-state index in [2.05, 4.69) is 11.6 Å². The lowest BCUT2D eigenvalue weighted by molar-refractivity contribution is -0.192. The summed E-state index contributed by atoms with van der Waals surface area (Å²) >= 11 is 0. The monoisotopic (exact) mass is 530 g/mol. The van der Waals surface area contributed by atoms with Gasteiger partial charge in [-0.1, -0.05) is 19.4 Å². The first-order valence-electron chi connectivity index (χ1n) is 11.3. The van der Waals surface area contributed by atoms with E-state index >= 15 is 0 Å². The first kappa shape index (κ1) is 29.0. The van der Waals surface area contributed by atoms with Crippen LogP contribution in [0.5, 0.6) is 0 Å². The van der Waals surface area contributed by atoms with E-state index in [-0.39, 0.29) is 16.1 Å². The van der Waals surface area contributed by atoms with Gasteiger partial charge in [0.1, 0.15) is 0 Å². The molecular formula is C24H29F3N2O6S. The number of sulfonamides is 1. The molecule has 0 atom stereocenters. The summed E-state index contributed by atoms with van der Waals surface area (Å²) in [5.41, 5.74) is 3.19. The highest BCUT2D eigenvalue weighted by Gasteiger charge is 2.38. The number of alkyl halides is 3. The van der Waals surface area contributed by atoms with Gasteiger partial charge in [0, 0.05) is 19.3 Å². The van der Waals surface area contributed by atoms with Gasteiger partial charge in [-0.3, -0.25) is 4.72 Å². The zero-order valence-corrected chi connectivity index (χ0v) is 20.7. The number of benzene rings is 2. The highest BCUT2D eigenvalue weighted by atomic mass is 32.2. The lowest BCUT2D eigenvalue weighted by Gasteiger charge is -2.22. The molecule has 1 aliphatic carbocycles. The number of rotatable bonds is 8. The Morgan fingerprint density at radius 3 is 2.19 bits per heavy atom.